The molecule has 1 atom stereocenters. The fourth-order valence-electron chi connectivity index (χ4n) is 3.28. The SMILES string of the molecule is Cc1cc(C(=O)O[C@@H](C)C(=O)N2CCCC2)c(C)n1Cc1ccco1. The molecule has 1 aliphatic rings. The number of rotatable bonds is 5. The number of aromatic nitrogens is 1. The van der Waals surface area contributed by atoms with Crippen LogP contribution in [0.4, 0.5) is 0 Å². The van der Waals surface area contributed by atoms with Crippen molar-refractivity contribution in [2.75, 3.05) is 13.1 Å². The fourth-order valence-corrected chi connectivity index (χ4v) is 3.28. The van der Waals surface area contributed by atoms with Crippen LogP contribution in [-0.2, 0) is 16.1 Å². The zero-order valence-corrected chi connectivity index (χ0v) is 14.9. The molecule has 0 spiro atoms. The van der Waals surface area contributed by atoms with Gasteiger partial charge in [0.15, 0.2) is 6.10 Å². The highest BCUT2D eigenvalue weighted by molar-refractivity contribution is 5.93. The van der Waals surface area contributed by atoms with Gasteiger partial charge < -0.3 is 18.6 Å². The Hall–Kier alpha value is -2.50. The summed E-state index contributed by atoms with van der Waals surface area (Å²) in [5.41, 5.74) is 2.24. The van der Waals surface area contributed by atoms with Crippen LogP contribution < -0.4 is 0 Å². The second kappa shape index (κ2) is 7.17. The van der Waals surface area contributed by atoms with Crippen LogP contribution in [-0.4, -0.2) is 40.5 Å². The average molecular weight is 344 g/mol. The van der Waals surface area contributed by atoms with Gasteiger partial charge in [-0.15, -0.1) is 0 Å². The van der Waals surface area contributed by atoms with Crippen LogP contribution in [0.25, 0.3) is 0 Å². The lowest BCUT2D eigenvalue weighted by Crippen LogP contribution is -2.38. The van der Waals surface area contributed by atoms with E-state index in [4.69, 9.17) is 9.15 Å². The minimum atomic E-state index is -0.765. The molecule has 6 nitrogen and oxygen atoms in total. The number of esters is 1. The molecule has 2 aromatic rings. The Morgan fingerprint density at radius 2 is 2.00 bits per heavy atom. The number of hydrogen-bond acceptors (Lipinski definition) is 4. The molecule has 0 bridgehead atoms. The zero-order valence-electron chi connectivity index (χ0n) is 14.9. The summed E-state index contributed by atoms with van der Waals surface area (Å²) in [5.74, 6) is 0.244. The number of amides is 1. The van der Waals surface area contributed by atoms with Crippen LogP contribution in [0.1, 0.15) is 47.3 Å². The van der Waals surface area contributed by atoms with Crippen molar-refractivity contribution in [2.45, 2.75) is 46.3 Å². The standard InChI is InChI=1S/C19H24N2O4/c1-13-11-17(14(2)21(13)12-16-7-6-10-24-16)19(23)25-15(3)18(22)20-8-4-5-9-20/h6-7,10-11,15H,4-5,8-9,12H2,1-3H3/t15-/m0/s1. The summed E-state index contributed by atoms with van der Waals surface area (Å²) >= 11 is 0. The molecule has 1 fully saturated rings. The highest BCUT2D eigenvalue weighted by Crippen LogP contribution is 2.19. The van der Waals surface area contributed by atoms with Crippen molar-refractivity contribution < 1.29 is 18.7 Å². The van der Waals surface area contributed by atoms with Gasteiger partial charge in [-0.3, -0.25) is 4.79 Å². The van der Waals surface area contributed by atoms with Crippen molar-refractivity contribution in [3.63, 3.8) is 0 Å². The first-order chi connectivity index (χ1) is 12.0. The molecular formula is C19H24N2O4. The first kappa shape index (κ1) is 17.3. The average Bonchev–Trinajstić information content (AvgIpc) is 3.32. The molecule has 3 rings (SSSR count). The van der Waals surface area contributed by atoms with Crippen molar-refractivity contribution in [1.82, 2.24) is 9.47 Å². The van der Waals surface area contributed by atoms with Crippen LogP contribution in [0, 0.1) is 13.8 Å². The van der Waals surface area contributed by atoms with Crippen LogP contribution in [0.2, 0.25) is 0 Å². The van der Waals surface area contributed by atoms with E-state index >= 15 is 0 Å². The van der Waals surface area contributed by atoms with Gasteiger partial charge in [0, 0.05) is 24.5 Å². The minimum Gasteiger partial charge on any atom is -0.467 e. The number of hydrogen-bond donors (Lipinski definition) is 0. The van der Waals surface area contributed by atoms with Gasteiger partial charge in [0.25, 0.3) is 5.91 Å². The van der Waals surface area contributed by atoms with E-state index in [1.807, 2.05) is 30.5 Å². The summed E-state index contributed by atoms with van der Waals surface area (Å²) in [6, 6.07) is 5.53. The van der Waals surface area contributed by atoms with E-state index in [2.05, 4.69) is 0 Å². The van der Waals surface area contributed by atoms with Gasteiger partial charge in [0.1, 0.15) is 5.76 Å². The normalized spacial score (nSPS) is 15.4. The van der Waals surface area contributed by atoms with Crippen LogP contribution in [0.3, 0.4) is 0 Å². The molecule has 0 unspecified atom stereocenters. The lowest BCUT2D eigenvalue weighted by Gasteiger charge is -2.20. The molecular weight excluding hydrogens is 320 g/mol. The number of ether oxygens (including phenoxy) is 1. The highest BCUT2D eigenvalue weighted by Gasteiger charge is 2.27. The second-order valence-electron chi connectivity index (χ2n) is 6.53. The topological polar surface area (TPSA) is 64.7 Å². The van der Waals surface area contributed by atoms with Crippen molar-refractivity contribution in [1.29, 1.82) is 0 Å². The third-order valence-electron chi connectivity index (χ3n) is 4.74. The predicted molar refractivity (Wildman–Crippen MR) is 92.4 cm³/mol. The number of aryl methyl sites for hydroxylation is 1. The van der Waals surface area contributed by atoms with Crippen molar-refractivity contribution >= 4 is 11.9 Å². The van der Waals surface area contributed by atoms with Gasteiger partial charge in [0.2, 0.25) is 0 Å². The van der Waals surface area contributed by atoms with Crippen molar-refractivity contribution in [3.8, 4) is 0 Å². The second-order valence-corrected chi connectivity index (χ2v) is 6.53. The van der Waals surface area contributed by atoms with Gasteiger partial charge in [-0.1, -0.05) is 0 Å². The molecule has 0 aliphatic carbocycles. The maximum Gasteiger partial charge on any atom is 0.340 e. The van der Waals surface area contributed by atoms with Crippen LogP contribution in [0.5, 0.6) is 0 Å². The summed E-state index contributed by atoms with van der Waals surface area (Å²) in [6.45, 7) is 7.50. The minimum absolute atomic E-state index is 0.116. The fraction of sp³-hybridized carbons (Fsp3) is 0.474. The Kier molecular flexibility index (Phi) is 4.97. The number of nitrogens with zero attached hydrogens (tertiary/aromatic N) is 2. The zero-order chi connectivity index (χ0) is 18.0. The maximum atomic E-state index is 12.5. The number of carbonyl (C=O) groups excluding carboxylic acids is 2. The molecule has 0 saturated carbocycles. The molecule has 0 N–H and O–H groups in total. The first-order valence-electron chi connectivity index (χ1n) is 8.66. The van der Waals surface area contributed by atoms with Crippen LogP contribution in [0.15, 0.2) is 28.9 Å². The molecule has 134 valence electrons. The van der Waals surface area contributed by atoms with Gasteiger partial charge >= 0.3 is 5.97 Å². The lowest BCUT2D eigenvalue weighted by molar-refractivity contribution is -0.138. The van der Waals surface area contributed by atoms with E-state index < -0.39 is 12.1 Å². The Morgan fingerprint density at radius 1 is 1.28 bits per heavy atom. The summed E-state index contributed by atoms with van der Waals surface area (Å²) in [7, 11) is 0. The van der Waals surface area contributed by atoms with E-state index in [1.54, 1.807) is 24.2 Å². The van der Waals surface area contributed by atoms with E-state index in [0.29, 0.717) is 12.1 Å². The predicted octanol–water partition coefficient (Wildman–Crippen LogP) is 2.91. The molecule has 1 aliphatic heterocycles. The summed E-state index contributed by atoms with van der Waals surface area (Å²) in [4.78, 5) is 26.6. The number of carbonyl (C=O) groups is 2. The summed E-state index contributed by atoms with van der Waals surface area (Å²) < 4.78 is 12.8. The quantitative estimate of drug-likeness (QED) is 0.782. The Morgan fingerprint density at radius 3 is 2.64 bits per heavy atom. The molecule has 0 radical (unpaired) electrons. The monoisotopic (exact) mass is 344 g/mol. The molecule has 2 aromatic heterocycles. The van der Waals surface area contributed by atoms with E-state index in [1.165, 1.54) is 0 Å². The molecule has 6 heteroatoms. The number of furan rings is 1. The molecule has 3 heterocycles. The van der Waals surface area contributed by atoms with E-state index in [0.717, 1.165) is 43.1 Å². The molecule has 0 aromatic carbocycles. The summed E-state index contributed by atoms with van der Waals surface area (Å²) in [6.07, 6.45) is 2.89. The van der Waals surface area contributed by atoms with Crippen LogP contribution >= 0.6 is 0 Å². The Balaban J connectivity index is 1.70. The largest absolute Gasteiger partial charge is 0.467 e. The molecule has 1 amide bonds. The van der Waals surface area contributed by atoms with E-state index in [-0.39, 0.29) is 5.91 Å². The van der Waals surface area contributed by atoms with Gasteiger partial charge in [-0.2, -0.15) is 0 Å². The maximum absolute atomic E-state index is 12.5. The van der Waals surface area contributed by atoms with Crippen molar-refractivity contribution in [2.24, 2.45) is 0 Å². The van der Waals surface area contributed by atoms with Gasteiger partial charge in [-0.25, -0.2) is 4.79 Å². The molecule has 1 saturated heterocycles. The highest BCUT2D eigenvalue weighted by atomic mass is 16.5. The van der Waals surface area contributed by atoms with Crippen molar-refractivity contribution in [3.05, 3.63) is 47.2 Å². The number of likely N-dealkylation sites (tertiary alicyclic amines) is 1. The lowest BCUT2D eigenvalue weighted by atomic mass is 10.2. The van der Waals surface area contributed by atoms with E-state index in [9.17, 15) is 9.59 Å². The smallest absolute Gasteiger partial charge is 0.340 e. The summed E-state index contributed by atoms with van der Waals surface area (Å²) in [5, 5.41) is 0. The molecule has 25 heavy (non-hydrogen) atoms. The van der Waals surface area contributed by atoms with Gasteiger partial charge in [-0.05, 0) is 51.8 Å². The third-order valence-corrected chi connectivity index (χ3v) is 4.74. The third kappa shape index (κ3) is 3.62. The first-order valence-corrected chi connectivity index (χ1v) is 8.66. The Bertz CT molecular complexity index is 755. The van der Waals surface area contributed by atoms with Gasteiger partial charge in [0.05, 0.1) is 18.4 Å². The Labute approximate surface area is 147 Å².